The van der Waals surface area contributed by atoms with Crippen molar-refractivity contribution in [2.24, 2.45) is 0 Å². The Morgan fingerprint density at radius 3 is 2.33 bits per heavy atom. The van der Waals surface area contributed by atoms with Gasteiger partial charge in [0.1, 0.15) is 10.7 Å². The number of likely N-dealkylation sites (tertiary alicyclic amines) is 1. The van der Waals surface area contributed by atoms with E-state index in [0.717, 1.165) is 18.9 Å². The Hall–Kier alpha value is -1.73. The number of hydrogen-bond acceptors (Lipinski definition) is 3. The zero-order chi connectivity index (χ0) is 17.2. The number of hydrogen-bond donors (Lipinski definition) is 1. The van der Waals surface area contributed by atoms with E-state index in [1.165, 1.54) is 36.6 Å². The monoisotopic (exact) mass is 352 g/mol. The molecule has 2 fully saturated rings. The number of piperidine rings is 1. The third kappa shape index (κ3) is 4.02. The second kappa shape index (κ2) is 7.03. The molecule has 1 aliphatic carbocycles. The maximum Gasteiger partial charge on any atom is 0.243 e. The molecule has 0 atom stereocenters. The smallest absolute Gasteiger partial charge is 0.243 e. The van der Waals surface area contributed by atoms with Crippen LogP contribution in [0, 0.1) is 5.82 Å². The molecule has 5 nitrogen and oxygen atoms in total. The number of benzene rings is 1. The fourth-order valence-corrected chi connectivity index (χ4v) is 4.10. The normalized spacial score (nSPS) is 18.0. The van der Waals surface area contributed by atoms with E-state index in [-0.39, 0.29) is 18.9 Å². The van der Waals surface area contributed by atoms with Crippen molar-refractivity contribution in [1.82, 2.24) is 9.62 Å². The number of nitrogens with one attached hydrogen (secondary N) is 1. The molecule has 0 radical (unpaired) electrons. The van der Waals surface area contributed by atoms with Gasteiger partial charge in [-0.15, -0.1) is 0 Å². The lowest BCUT2D eigenvalue weighted by molar-refractivity contribution is -0.131. The van der Waals surface area contributed by atoms with Gasteiger partial charge in [0.05, 0.1) is 0 Å². The van der Waals surface area contributed by atoms with E-state index in [4.69, 9.17) is 0 Å². The van der Waals surface area contributed by atoms with Gasteiger partial charge >= 0.3 is 0 Å². The number of allylic oxidation sites excluding steroid dienone is 1. The molecule has 130 valence electrons. The number of nitrogens with zero attached hydrogens (tertiary/aromatic N) is 1. The molecule has 1 aromatic carbocycles. The minimum Gasteiger partial charge on any atom is -0.342 e. The molecule has 3 rings (SSSR count). The van der Waals surface area contributed by atoms with Crippen LogP contribution in [0.2, 0.25) is 0 Å². The van der Waals surface area contributed by atoms with Gasteiger partial charge in [-0.05, 0) is 37.8 Å². The Balaban J connectivity index is 1.48. The summed E-state index contributed by atoms with van der Waals surface area (Å²) in [4.78, 5) is 13.6. The summed E-state index contributed by atoms with van der Waals surface area (Å²) >= 11 is 0. The van der Waals surface area contributed by atoms with Crippen LogP contribution in [-0.2, 0) is 14.8 Å². The Kier molecular flexibility index (Phi) is 5.01. The molecule has 7 heteroatoms. The lowest BCUT2D eigenvalue weighted by Crippen LogP contribution is -2.38. The summed E-state index contributed by atoms with van der Waals surface area (Å²) in [5.41, 5.74) is 3.05. The SMILES string of the molecule is O=C(CCNS(=O)(=O)c1ccccc1F)N1CCC(=C2CC2)CC1. The fraction of sp³-hybridized carbons (Fsp3) is 0.471. The molecule has 1 N–H and O–H groups in total. The van der Waals surface area contributed by atoms with Crippen molar-refractivity contribution in [1.29, 1.82) is 0 Å². The number of rotatable bonds is 5. The predicted molar refractivity (Wildman–Crippen MR) is 88.3 cm³/mol. The summed E-state index contributed by atoms with van der Waals surface area (Å²) in [5.74, 6) is -0.862. The van der Waals surface area contributed by atoms with Crippen LogP contribution in [0.25, 0.3) is 0 Å². The minimum atomic E-state index is -3.93. The van der Waals surface area contributed by atoms with E-state index in [1.807, 2.05) is 0 Å². The van der Waals surface area contributed by atoms with Crippen LogP contribution in [0.1, 0.15) is 32.1 Å². The topological polar surface area (TPSA) is 66.5 Å². The predicted octanol–water partition coefficient (Wildman–Crippen LogP) is 2.21. The first-order valence-electron chi connectivity index (χ1n) is 8.19. The number of amides is 1. The zero-order valence-electron chi connectivity index (χ0n) is 13.4. The average Bonchev–Trinajstić information content (AvgIpc) is 3.40. The van der Waals surface area contributed by atoms with Crippen molar-refractivity contribution >= 4 is 15.9 Å². The largest absolute Gasteiger partial charge is 0.342 e. The molecule has 0 aromatic heterocycles. The fourth-order valence-electron chi connectivity index (χ4n) is 2.99. The first kappa shape index (κ1) is 17.1. The van der Waals surface area contributed by atoms with Crippen molar-refractivity contribution in [3.63, 3.8) is 0 Å². The van der Waals surface area contributed by atoms with Gasteiger partial charge in [0.2, 0.25) is 15.9 Å². The van der Waals surface area contributed by atoms with Crippen molar-refractivity contribution in [2.45, 2.75) is 37.0 Å². The molecular formula is C17H21FN2O3S. The molecule has 1 saturated heterocycles. The Bertz CT molecular complexity index is 758. The van der Waals surface area contributed by atoms with E-state index >= 15 is 0 Å². The van der Waals surface area contributed by atoms with E-state index in [2.05, 4.69) is 4.72 Å². The second-order valence-corrected chi connectivity index (χ2v) is 7.90. The van der Waals surface area contributed by atoms with E-state index < -0.39 is 20.7 Å². The highest BCUT2D eigenvalue weighted by Gasteiger charge is 2.24. The summed E-state index contributed by atoms with van der Waals surface area (Å²) in [7, 11) is -3.93. The third-order valence-electron chi connectivity index (χ3n) is 4.48. The summed E-state index contributed by atoms with van der Waals surface area (Å²) in [6.07, 6.45) is 4.37. The van der Waals surface area contributed by atoms with Crippen LogP contribution < -0.4 is 4.72 Å². The van der Waals surface area contributed by atoms with Crippen LogP contribution in [0.5, 0.6) is 0 Å². The molecule has 1 saturated carbocycles. The van der Waals surface area contributed by atoms with Gasteiger partial charge in [-0.25, -0.2) is 17.5 Å². The molecule has 1 heterocycles. The lowest BCUT2D eigenvalue weighted by atomic mass is 10.0. The molecule has 0 spiro atoms. The van der Waals surface area contributed by atoms with Gasteiger partial charge in [0.25, 0.3) is 0 Å². The van der Waals surface area contributed by atoms with Crippen LogP contribution in [-0.4, -0.2) is 38.9 Å². The van der Waals surface area contributed by atoms with E-state index in [0.29, 0.717) is 13.1 Å². The van der Waals surface area contributed by atoms with Gasteiger partial charge in [0.15, 0.2) is 0 Å². The Labute approximate surface area is 141 Å². The third-order valence-corrected chi connectivity index (χ3v) is 5.97. The van der Waals surface area contributed by atoms with Crippen LogP contribution in [0.3, 0.4) is 0 Å². The molecule has 1 aromatic rings. The Morgan fingerprint density at radius 2 is 1.71 bits per heavy atom. The standard InChI is InChI=1S/C17H21FN2O3S/c18-15-3-1-2-4-16(15)24(22,23)19-10-7-17(21)20-11-8-14(9-12-20)13-5-6-13/h1-4,19H,5-12H2. The maximum atomic E-state index is 13.6. The summed E-state index contributed by atoms with van der Waals surface area (Å²) < 4.78 is 40.0. The zero-order valence-corrected chi connectivity index (χ0v) is 14.2. The van der Waals surface area contributed by atoms with Crippen molar-refractivity contribution < 1.29 is 17.6 Å². The molecule has 0 bridgehead atoms. The van der Waals surface area contributed by atoms with Gasteiger partial charge < -0.3 is 4.90 Å². The van der Waals surface area contributed by atoms with Gasteiger partial charge in [-0.2, -0.15) is 0 Å². The minimum absolute atomic E-state index is 0.0278. The lowest BCUT2D eigenvalue weighted by Gasteiger charge is -2.28. The molecule has 0 unspecified atom stereocenters. The number of carbonyl (C=O) groups excluding carboxylic acids is 1. The van der Waals surface area contributed by atoms with Gasteiger partial charge in [-0.1, -0.05) is 23.3 Å². The van der Waals surface area contributed by atoms with Gasteiger partial charge in [0, 0.05) is 26.1 Å². The quantitative estimate of drug-likeness (QED) is 0.826. The molecular weight excluding hydrogens is 331 g/mol. The van der Waals surface area contributed by atoms with Crippen LogP contribution >= 0.6 is 0 Å². The summed E-state index contributed by atoms with van der Waals surface area (Å²) in [6, 6.07) is 5.19. The van der Waals surface area contributed by atoms with Gasteiger partial charge in [-0.3, -0.25) is 4.79 Å². The van der Waals surface area contributed by atoms with E-state index in [1.54, 1.807) is 10.5 Å². The maximum absolute atomic E-state index is 13.6. The van der Waals surface area contributed by atoms with Crippen molar-refractivity contribution in [2.75, 3.05) is 19.6 Å². The highest BCUT2D eigenvalue weighted by molar-refractivity contribution is 7.89. The summed E-state index contributed by atoms with van der Waals surface area (Å²) in [5, 5.41) is 0. The van der Waals surface area contributed by atoms with Crippen LogP contribution in [0.15, 0.2) is 40.3 Å². The van der Waals surface area contributed by atoms with E-state index in [9.17, 15) is 17.6 Å². The Morgan fingerprint density at radius 1 is 1.08 bits per heavy atom. The molecule has 24 heavy (non-hydrogen) atoms. The van der Waals surface area contributed by atoms with Crippen molar-refractivity contribution in [3.8, 4) is 0 Å². The molecule has 1 amide bonds. The van der Waals surface area contributed by atoms with Crippen molar-refractivity contribution in [3.05, 3.63) is 41.2 Å². The summed E-state index contributed by atoms with van der Waals surface area (Å²) in [6.45, 7) is 1.38. The number of sulfonamides is 1. The highest BCUT2D eigenvalue weighted by atomic mass is 32.2. The number of carbonyl (C=O) groups is 1. The highest BCUT2D eigenvalue weighted by Crippen LogP contribution is 2.36. The average molecular weight is 352 g/mol. The van der Waals surface area contributed by atoms with Crippen LogP contribution in [0.4, 0.5) is 4.39 Å². The first-order valence-corrected chi connectivity index (χ1v) is 9.67. The first-order chi connectivity index (χ1) is 11.5. The number of halogens is 1. The second-order valence-electron chi connectivity index (χ2n) is 6.17. The molecule has 1 aliphatic heterocycles. The molecule has 2 aliphatic rings.